The average Bonchev–Trinajstić information content (AvgIpc) is 2.58. The number of carbonyl (C=O) groups excluding carboxylic acids is 3. The summed E-state index contributed by atoms with van der Waals surface area (Å²) in [7, 11) is 0. The molecule has 31 heavy (non-hydrogen) atoms. The Labute approximate surface area is 184 Å². The second-order valence-corrected chi connectivity index (χ2v) is 8.95. The van der Waals surface area contributed by atoms with E-state index in [1.165, 1.54) is 0 Å². The maximum atomic E-state index is 12.1. The van der Waals surface area contributed by atoms with Crippen molar-refractivity contribution in [1.29, 1.82) is 0 Å². The highest BCUT2D eigenvalue weighted by Crippen LogP contribution is 2.37. The third-order valence-corrected chi connectivity index (χ3v) is 4.27. The van der Waals surface area contributed by atoms with Gasteiger partial charge in [0.15, 0.2) is 0 Å². The number of rotatable bonds is 10. The van der Waals surface area contributed by atoms with Gasteiger partial charge >= 0.3 is 12.2 Å². The highest BCUT2D eigenvalue weighted by atomic mass is 16.7. The van der Waals surface area contributed by atoms with Crippen molar-refractivity contribution in [3.63, 3.8) is 0 Å². The Morgan fingerprint density at radius 2 is 1.71 bits per heavy atom. The van der Waals surface area contributed by atoms with Crippen LogP contribution in [0.4, 0.5) is 9.59 Å². The molecule has 0 heterocycles. The van der Waals surface area contributed by atoms with Gasteiger partial charge in [-0.25, -0.2) is 9.59 Å². The summed E-state index contributed by atoms with van der Waals surface area (Å²) in [5, 5.41) is 2.57. The van der Waals surface area contributed by atoms with Crippen LogP contribution in [0.25, 0.3) is 0 Å². The van der Waals surface area contributed by atoms with Crippen LogP contribution in [-0.4, -0.2) is 50.5 Å². The zero-order valence-corrected chi connectivity index (χ0v) is 19.6. The smallest absolute Gasteiger partial charge is 0.444 e. The van der Waals surface area contributed by atoms with Gasteiger partial charge in [-0.05, 0) is 51.8 Å². The molecule has 174 valence electrons. The second kappa shape index (κ2) is 11.7. The standard InChI is InChI=1S/C23H35NO7/c1-16-14-17(2)19(23(6,7)8-10-25)18(15-16)30-21(27)29-13-12-28-11-9-24-20(26)31-22(3,4)5/h10,14-15H,8-9,11-13H2,1-7H3,(H,24,26). The summed E-state index contributed by atoms with van der Waals surface area (Å²) in [4.78, 5) is 34.7. The predicted molar refractivity (Wildman–Crippen MR) is 117 cm³/mol. The van der Waals surface area contributed by atoms with Gasteiger partial charge in [0, 0.05) is 23.9 Å². The van der Waals surface area contributed by atoms with Crippen LogP contribution in [0.15, 0.2) is 12.1 Å². The maximum absolute atomic E-state index is 12.1. The molecule has 0 aromatic heterocycles. The van der Waals surface area contributed by atoms with Gasteiger partial charge in [-0.1, -0.05) is 19.9 Å². The summed E-state index contributed by atoms with van der Waals surface area (Å²) in [6, 6.07) is 3.74. The molecule has 0 fully saturated rings. The molecule has 0 aliphatic heterocycles. The van der Waals surface area contributed by atoms with Crippen LogP contribution in [0.1, 0.15) is 57.7 Å². The molecule has 0 spiro atoms. The number of ether oxygens (including phenoxy) is 4. The first-order valence-corrected chi connectivity index (χ1v) is 10.3. The summed E-state index contributed by atoms with van der Waals surface area (Å²) in [5.41, 5.74) is 1.63. The molecule has 0 saturated carbocycles. The number of nitrogens with one attached hydrogen (secondary N) is 1. The normalized spacial score (nSPS) is 11.6. The third-order valence-electron chi connectivity index (χ3n) is 4.27. The lowest BCUT2D eigenvalue weighted by molar-refractivity contribution is -0.108. The van der Waals surface area contributed by atoms with Gasteiger partial charge in [-0.15, -0.1) is 0 Å². The van der Waals surface area contributed by atoms with Crippen LogP contribution < -0.4 is 10.1 Å². The van der Waals surface area contributed by atoms with Crippen LogP contribution >= 0.6 is 0 Å². The topological polar surface area (TPSA) is 100 Å². The first kappa shape index (κ1) is 26.4. The molecule has 8 nitrogen and oxygen atoms in total. The molecule has 1 rings (SSSR count). The SMILES string of the molecule is Cc1cc(C)c(C(C)(C)CC=O)c(OC(=O)OCCOCCNC(=O)OC(C)(C)C)c1. The Balaban J connectivity index is 2.47. The molecule has 1 amide bonds. The van der Waals surface area contributed by atoms with E-state index < -0.39 is 23.3 Å². The number of amides is 1. The molecule has 1 aromatic carbocycles. The largest absolute Gasteiger partial charge is 0.513 e. The molecule has 0 aliphatic rings. The summed E-state index contributed by atoms with van der Waals surface area (Å²) >= 11 is 0. The fourth-order valence-corrected chi connectivity index (χ4v) is 3.13. The second-order valence-electron chi connectivity index (χ2n) is 8.95. The van der Waals surface area contributed by atoms with E-state index in [0.29, 0.717) is 12.2 Å². The van der Waals surface area contributed by atoms with Crippen molar-refractivity contribution >= 4 is 18.5 Å². The lowest BCUT2D eigenvalue weighted by Gasteiger charge is -2.27. The Morgan fingerprint density at radius 3 is 2.32 bits per heavy atom. The number of aldehydes is 1. The molecule has 0 aliphatic carbocycles. The molecular formula is C23H35NO7. The van der Waals surface area contributed by atoms with Gasteiger partial charge in [0.1, 0.15) is 24.2 Å². The highest BCUT2D eigenvalue weighted by Gasteiger charge is 2.28. The van der Waals surface area contributed by atoms with Crippen molar-refractivity contribution < 1.29 is 33.3 Å². The lowest BCUT2D eigenvalue weighted by atomic mass is 9.78. The van der Waals surface area contributed by atoms with E-state index >= 15 is 0 Å². The number of aryl methyl sites for hydroxylation is 2. The molecule has 0 atom stereocenters. The number of carbonyl (C=O) groups is 3. The number of alkyl carbamates (subject to hydrolysis) is 1. The third kappa shape index (κ3) is 9.83. The minimum Gasteiger partial charge on any atom is -0.444 e. The molecule has 8 heteroatoms. The molecule has 1 N–H and O–H groups in total. The quantitative estimate of drug-likeness (QED) is 0.253. The molecule has 0 radical (unpaired) electrons. The van der Waals surface area contributed by atoms with Gasteiger partial charge in [-0.2, -0.15) is 0 Å². The Kier molecular flexibility index (Phi) is 9.97. The minimum atomic E-state index is -0.844. The average molecular weight is 438 g/mol. The first-order chi connectivity index (χ1) is 14.4. The highest BCUT2D eigenvalue weighted by molar-refractivity contribution is 5.67. The molecule has 0 unspecified atom stereocenters. The van der Waals surface area contributed by atoms with Gasteiger partial charge in [0.25, 0.3) is 0 Å². The van der Waals surface area contributed by atoms with Gasteiger partial charge in [0.2, 0.25) is 0 Å². The zero-order chi connectivity index (χ0) is 23.7. The van der Waals surface area contributed by atoms with Crippen molar-refractivity contribution in [2.75, 3.05) is 26.4 Å². The minimum absolute atomic E-state index is 0.00311. The number of hydrogen-bond acceptors (Lipinski definition) is 7. The van der Waals surface area contributed by atoms with E-state index in [-0.39, 0.29) is 26.4 Å². The van der Waals surface area contributed by atoms with E-state index in [4.69, 9.17) is 18.9 Å². The number of hydrogen-bond donors (Lipinski definition) is 1. The Bertz CT molecular complexity index is 766. The summed E-state index contributed by atoms with van der Waals surface area (Å²) in [6.45, 7) is 13.7. The van der Waals surface area contributed by atoms with Crippen LogP contribution in [0.5, 0.6) is 5.75 Å². The summed E-state index contributed by atoms with van der Waals surface area (Å²) < 4.78 is 20.9. The summed E-state index contributed by atoms with van der Waals surface area (Å²) in [6.07, 6.45) is -0.203. The zero-order valence-electron chi connectivity index (χ0n) is 19.6. The predicted octanol–water partition coefficient (Wildman–Crippen LogP) is 4.23. The van der Waals surface area contributed by atoms with Gasteiger partial charge in [0.05, 0.1) is 13.2 Å². The van der Waals surface area contributed by atoms with E-state index in [9.17, 15) is 14.4 Å². The van der Waals surface area contributed by atoms with Crippen LogP contribution in [-0.2, 0) is 24.4 Å². The van der Waals surface area contributed by atoms with Crippen molar-refractivity contribution in [2.24, 2.45) is 0 Å². The van der Waals surface area contributed by atoms with E-state index in [1.54, 1.807) is 26.8 Å². The van der Waals surface area contributed by atoms with E-state index in [0.717, 1.165) is 23.0 Å². The maximum Gasteiger partial charge on any atom is 0.513 e. The van der Waals surface area contributed by atoms with E-state index in [1.807, 2.05) is 33.8 Å². The lowest BCUT2D eigenvalue weighted by Crippen LogP contribution is -2.34. The monoisotopic (exact) mass is 437 g/mol. The van der Waals surface area contributed by atoms with Crippen molar-refractivity contribution in [3.8, 4) is 5.75 Å². The Morgan fingerprint density at radius 1 is 1.03 bits per heavy atom. The Hall–Kier alpha value is -2.61. The van der Waals surface area contributed by atoms with Crippen LogP contribution in [0.3, 0.4) is 0 Å². The fourth-order valence-electron chi connectivity index (χ4n) is 3.13. The van der Waals surface area contributed by atoms with Crippen molar-refractivity contribution in [3.05, 3.63) is 28.8 Å². The first-order valence-electron chi connectivity index (χ1n) is 10.3. The number of benzene rings is 1. The van der Waals surface area contributed by atoms with Crippen molar-refractivity contribution in [1.82, 2.24) is 5.32 Å². The molecule has 0 bridgehead atoms. The van der Waals surface area contributed by atoms with E-state index in [2.05, 4.69) is 5.32 Å². The van der Waals surface area contributed by atoms with Crippen LogP contribution in [0.2, 0.25) is 0 Å². The summed E-state index contributed by atoms with van der Waals surface area (Å²) in [5.74, 6) is 0.386. The van der Waals surface area contributed by atoms with Gasteiger partial charge < -0.3 is 29.1 Å². The molecular weight excluding hydrogens is 402 g/mol. The molecule has 1 aromatic rings. The van der Waals surface area contributed by atoms with Crippen molar-refractivity contribution in [2.45, 2.75) is 65.9 Å². The fraction of sp³-hybridized carbons (Fsp3) is 0.609. The van der Waals surface area contributed by atoms with Crippen LogP contribution in [0, 0.1) is 13.8 Å². The van der Waals surface area contributed by atoms with Gasteiger partial charge in [-0.3, -0.25) is 0 Å². The molecule has 0 saturated heterocycles.